The van der Waals surface area contributed by atoms with Crippen molar-refractivity contribution in [2.45, 2.75) is 12.3 Å². The van der Waals surface area contributed by atoms with Gasteiger partial charge in [-0.2, -0.15) is 5.10 Å². The molecular formula is C19H16Cl2FN7OS. The molecule has 0 bridgehead atoms. The SMILES string of the molecule is Cn1cc(C(C)(CNC(=O)c2cn(-c3ccccc3F)nn2)c2nc(Cl)c(Cl)s2)cn1. The Balaban J connectivity index is 1.58. The van der Waals surface area contributed by atoms with Crippen LogP contribution in [-0.2, 0) is 12.5 Å². The van der Waals surface area contributed by atoms with Crippen molar-refractivity contribution in [1.29, 1.82) is 0 Å². The van der Waals surface area contributed by atoms with Gasteiger partial charge in [0.25, 0.3) is 5.91 Å². The quantitative estimate of drug-likeness (QED) is 0.455. The highest BCUT2D eigenvalue weighted by molar-refractivity contribution is 7.16. The molecule has 0 fully saturated rings. The molecule has 4 aromatic rings. The largest absolute Gasteiger partial charge is 0.349 e. The highest BCUT2D eigenvalue weighted by Crippen LogP contribution is 2.39. The lowest BCUT2D eigenvalue weighted by Gasteiger charge is -2.26. The van der Waals surface area contributed by atoms with Crippen LogP contribution in [0.4, 0.5) is 4.39 Å². The number of benzene rings is 1. The van der Waals surface area contributed by atoms with Gasteiger partial charge in [0.15, 0.2) is 10.8 Å². The molecule has 3 heterocycles. The van der Waals surface area contributed by atoms with Crippen LogP contribution in [0.2, 0.25) is 9.49 Å². The summed E-state index contributed by atoms with van der Waals surface area (Å²) in [6, 6.07) is 6.09. The molecule has 8 nitrogen and oxygen atoms in total. The van der Waals surface area contributed by atoms with E-state index in [0.717, 1.165) is 5.56 Å². The number of hydrogen-bond acceptors (Lipinski definition) is 6. The number of halogens is 3. The van der Waals surface area contributed by atoms with Crippen molar-refractivity contribution >= 4 is 40.4 Å². The van der Waals surface area contributed by atoms with Gasteiger partial charge >= 0.3 is 0 Å². The molecule has 0 saturated carbocycles. The molecule has 0 spiro atoms. The highest BCUT2D eigenvalue weighted by atomic mass is 35.5. The molecule has 0 aliphatic heterocycles. The molecule has 0 aliphatic carbocycles. The number of rotatable bonds is 6. The summed E-state index contributed by atoms with van der Waals surface area (Å²) in [6.07, 6.45) is 4.90. The van der Waals surface area contributed by atoms with E-state index in [2.05, 4.69) is 25.7 Å². The van der Waals surface area contributed by atoms with Gasteiger partial charge in [0.1, 0.15) is 20.8 Å². The third-order valence-corrected chi connectivity index (χ3v) is 6.79. The van der Waals surface area contributed by atoms with Crippen LogP contribution in [0.3, 0.4) is 0 Å². The van der Waals surface area contributed by atoms with Gasteiger partial charge in [0.05, 0.1) is 17.8 Å². The standard InChI is InChI=1S/C19H16Cl2FN7OS/c1-19(11-7-24-28(2)8-11,18-25-15(20)16(21)31-18)10-23-17(30)13-9-29(27-26-13)14-6-4-3-5-12(14)22/h3-9H,10H2,1-2H3,(H,23,30). The van der Waals surface area contributed by atoms with Crippen LogP contribution in [-0.4, -0.2) is 42.2 Å². The molecule has 0 aliphatic rings. The van der Waals surface area contributed by atoms with E-state index in [1.165, 1.54) is 28.3 Å². The van der Waals surface area contributed by atoms with Crippen molar-refractivity contribution in [2.75, 3.05) is 6.54 Å². The third kappa shape index (κ3) is 4.18. The predicted octanol–water partition coefficient (Wildman–Crippen LogP) is 3.64. The summed E-state index contributed by atoms with van der Waals surface area (Å²) in [5, 5.41) is 15.6. The zero-order valence-corrected chi connectivity index (χ0v) is 18.7. The molecule has 4 rings (SSSR count). The Morgan fingerprint density at radius 3 is 2.71 bits per heavy atom. The van der Waals surface area contributed by atoms with Crippen molar-refractivity contribution in [3.8, 4) is 5.69 Å². The van der Waals surface area contributed by atoms with Crippen LogP contribution in [0.15, 0.2) is 42.9 Å². The number of aromatic nitrogens is 6. The fourth-order valence-corrected chi connectivity index (χ4v) is 4.36. The minimum atomic E-state index is -0.743. The van der Waals surface area contributed by atoms with E-state index >= 15 is 0 Å². The lowest BCUT2D eigenvalue weighted by atomic mass is 9.85. The first-order chi connectivity index (χ1) is 14.8. The Hall–Kier alpha value is -2.82. The molecule has 0 saturated heterocycles. The van der Waals surface area contributed by atoms with Gasteiger partial charge in [-0.05, 0) is 19.1 Å². The number of nitrogens with zero attached hydrogens (tertiary/aromatic N) is 6. The molecule has 0 radical (unpaired) electrons. The summed E-state index contributed by atoms with van der Waals surface area (Å²) in [5.41, 5.74) is 0.327. The maximum Gasteiger partial charge on any atom is 0.273 e. The average molecular weight is 480 g/mol. The smallest absolute Gasteiger partial charge is 0.273 e. The molecule has 1 unspecified atom stereocenters. The highest BCUT2D eigenvalue weighted by Gasteiger charge is 2.35. The van der Waals surface area contributed by atoms with Crippen LogP contribution in [0, 0.1) is 5.82 Å². The van der Waals surface area contributed by atoms with Crippen molar-refractivity contribution in [3.05, 3.63) is 74.4 Å². The van der Waals surface area contributed by atoms with Crippen molar-refractivity contribution in [3.63, 3.8) is 0 Å². The van der Waals surface area contributed by atoms with Crippen LogP contribution in [0.5, 0.6) is 0 Å². The Kier molecular flexibility index (Phi) is 5.78. The van der Waals surface area contributed by atoms with E-state index < -0.39 is 17.1 Å². The molecule has 1 atom stereocenters. The van der Waals surface area contributed by atoms with Gasteiger partial charge in [-0.3, -0.25) is 9.48 Å². The zero-order chi connectivity index (χ0) is 22.2. The average Bonchev–Trinajstić information content (AvgIpc) is 3.48. The summed E-state index contributed by atoms with van der Waals surface area (Å²) in [6.45, 7) is 2.08. The topological polar surface area (TPSA) is 90.5 Å². The number of carbonyl (C=O) groups excluding carboxylic acids is 1. The molecule has 3 aromatic heterocycles. The van der Waals surface area contributed by atoms with Gasteiger partial charge < -0.3 is 5.32 Å². The summed E-state index contributed by atoms with van der Waals surface area (Å²) in [4.78, 5) is 17.1. The normalized spacial score (nSPS) is 13.2. The van der Waals surface area contributed by atoms with Crippen LogP contribution in [0.25, 0.3) is 5.69 Å². The second kappa shape index (κ2) is 8.37. The maximum atomic E-state index is 14.0. The minimum absolute atomic E-state index is 0.0481. The predicted molar refractivity (Wildman–Crippen MR) is 115 cm³/mol. The molecule has 1 aromatic carbocycles. The van der Waals surface area contributed by atoms with E-state index in [-0.39, 0.29) is 23.1 Å². The Labute approximate surface area is 190 Å². The summed E-state index contributed by atoms with van der Waals surface area (Å²) in [7, 11) is 1.80. The van der Waals surface area contributed by atoms with E-state index in [1.54, 1.807) is 36.1 Å². The lowest BCUT2D eigenvalue weighted by Crippen LogP contribution is -2.39. The molecule has 160 valence electrons. The summed E-state index contributed by atoms with van der Waals surface area (Å²) >= 11 is 13.4. The first-order valence-corrected chi connectivity index (χ1v) is 10.6. The first kappa shape index (κ1) is 21.4. The van der Waals surface area contributed by atoms with E-state index in [9.17, 15) is 9.18 Å². The van der Waals surface area contributed by atoms with Gasteiger partial charge in [-0.1, -0.05) is 40.5 Å². The van der Waals surface area contributed by atoms with Crippen LogP contribution in [0.1, 0.15) is 28.0 Å². The third-order valence-electron chi connectivity index (χ3n) is 4.79. The number of thiazole rings is 1. The lowest BCUT2D eigenvalue weighted by molar-refractivity contribution is 0.0942. The second-order valence-electron chi connectivity index (χ2n) is 7.00. The Bertz CT molecular complexity index is 1230. The zero-order valence-electron chi connectivity index (χ0n) is 16.4. The summed E-state index contributed by atoms with van der Waals surface area (Å²) < 4.78 is 17.2. The number of hydrogen-bond donors (Lipinski definition) is 1. The fourth-order valence-electron chi connectivity index (χ4n) is 3.00. The number of nitrogens with one attached hydrogen (secondary N) is 1. The number of amides is 1. The first-order valence-electron chi connectivity index (χ1n) is 9.05. The van der Waals surface area contributed by atoms with Gasteiger partial charge in [-0.15, -0.1) is 16.4 Å². The van der Waals surface area contributed by atoms with E-state index in [4.69, 9.17) is 23.2 Å². The number of carbonyl (C=O) groups is 1. The fraction of sp³-hybridized carbons (Fsp3) is 0.211. The maximum absolute atomic E-state index is 14.0. The van der Waals surface area contributed by atoms with Crippen molar-refractivity contribution in [1.82, 2.24) is 35.1 Å². The Morgan fingerprint density at radius 1 is 1.29 bits per heavy atom. The molecule has 12 heteroatoms. The van der Waals surface area contributed by atoms with Gasteiger partial charge in [-0.25, -0.2) is 14.1 Å². The van der Waals surface area contributed by atoms with Crippen LogP contribution < -0.4 is 5.32 Å². The van der Waals surface area contributed by atoms with Crippen molar-refractivity contribution < 1.29 is 9.18 Å². The van der Waals surface area contributed by atoms with Gasteiger partial charge in [0.2, 0.25) is 0 Å². The van der Waals surface area contributed by atoms with E-state index in [0.29, 0.717) is 9.34 Å². The Morgan fingerprint density at radius 2 is 2.06 bits per heavy atom. The van der Waals surface area contributed by atoms with E-state index in [1.807, 2.05) is 13.1 Å². The molecular weight excluding hydrogens is 464 g/mol. The molecule has 1 N–H and O–H groups in total. The molecule has 1 amide bonds. The van der Waals surface area contributed by atoms with Gasteiger partial charge in [0, 0.05) is 25.4 Å². The summed E-state index contributed by atoms with van der Waals surface area (Å²) in [5.74, 6) is -0.938. The second-order valence-corrected chi connectivity index (χ2v) is 8.96. The molecule has 31 heavy (non-hydrogen) atoms. The number of para-hydroxylation sites is 1. The minimum Gasteiger partial charge on any atom is -0.349 e. The van der Waals surface area contributed by atoms with Crippen molar-refractivity contribution in [2.24, 2.45) is 7.05 Å². The monoisotopic (exact) mass is 479 g/mol. The number of aryl methyl sites for hydroxylation is 1. The van der Waals surface area contributed by atoms with Crippen LogP contribution >= 0.6 is 34.5 Å².